The molecule has 0 radical (unpaired) electrons. The fourth-order valence-corrected chi connectivity index (χ4v) is 3.03. The number of aromatic nitrogens is 2. The number of likely N-dealkylation sites (N-methyl/N-ethyl adjacent to an activating group) is 1. The first-order chi connectivity index (χ1) is 7.65. The maximum atomic E-state index is 4.17. The smallest absolute Gasteiger partial charge is 0.0949 e. The molecule has 2 unspecified atom stereocenters. The van der Waals surface area contributed by atoms with E-state index in [-0.39, 0.29) is 0 Å². The monoisotopic (exact) mass is 221 g/mol. The van der Waals surface area contributed by atoms with E-state index in [9.17, 15) is 0 Å². The SMILES string of the molecule is CCNC1C(n2ccnc2)CCCC1(C)C. The quantitative estimate of drug-likeness (QED) is 0.850. The Morgan fingerprint density at radius 2 is 2.31 bits per heavy atom. The Morgan fingerprint density at radius 1 is 1.50 bits per heavy atom. The van der Waals surface area contributed by atoms with Crippen molar-refractivity contribution in [1.82, 2.24) is 14.9 Å². The van der Waals surface area contributed by atoms with Crippen molar-refractivity contribution < 1.29 is 0 Å². The lowest BCUT2D eigenvalue weighted by atomic mass is 9.70. The Morgan fingerprint density at radius 3 is 2.94 bits per heavy atom. The molecule has 16 heavy (non-hydrogen) atoms. The number of imidazole rings is 1. The first kappa shape index (κ1) is 11.6. The summed E-state index contributed by atoms with van der Waals surface area (Å²) in [5.74, 6) is 0. The van der Waals surface area contributed by atoms with Crippen LogP contribution >= 0.6 is 0 Å². The lowest BCUT2D eigenvalue weighted by molar-refractivity contribution is 0.114. The molecule has 0 aliphatic heterocycles. The molecule has 3 heteroatoms. The second-order valence-corrected chi connectivity index (χ2v) is 5.49. The molecule has 2 rings (SSSR count). The molecule has 1 heterocycles. The van der Waals surface area contributed by atoms with Crippen molar-refractivity contribution in [3.63, 3.8) is 0 Å². The van der Waals surface area contributed by atoms with Gasteiger partial charge in [0, 0.05) is 18.4 Å². The zero-order valence-corrected chi connectivity index (χ0v) is 10.6. The van der Waals surface area contributed by atoms with E-state index in [0.717, 1.165) is 6.54 Å². The van der Waals surface area contributed by atoms with Crippen molar-refractivity contribution in [3.8, 4) is 0 Å². The topological polar surface area (TPSA) is 29.9 Å². The molecule has 0 aromatic carbocycles. The third kappa shape index (κ3) is 2.14. The summed E-state index contributed by atoms with van der Waals surface area (Å²) in [5.41, 5.74) is 0.378. The van der Waals surface area contributed by atoms with Gasteiger partial charge in [-0.3, -0.25) is 0 Å². The van der Waals surface area contributed by atoms with E-state index < -0.39 is 0 Å². The molecule has 90 valence electrons. The molecule has 1 N–H and O–H groups in total. The van der Waals surface area contributed by atoms with Crippen molar-refractivity contribution in [1.29, 1.82) is 0 Å². The summed E-state index contributed by atoms with van der Waals surface area (Å²) >= 11 is 0. The van der Waals surface area contributed by atoms with Crippen molar-refractivity contribution >= 4 is 0 Å². The van der Waals surface area contributed by atoms with Crippen LogP contribution in [0.5, 0.6) is 0 Å². The van der Waals surface area contributed by atoms with Crippen LogP contribution in [-0.4, -0.2) is 22.1 Å². The van der Waals surface area contributed by atoms with Crippen LogP contribution < -0.4 is 5.32 Å². The molecule has 1 aliphatic carbocycles. The van der Waals surface area contributed by atoms with E-state index in [1.165, 1.54) is 19.3 Å². The number of rotatable bonds is 3. The first-order valence-electron chi connectivity index (χ1n) is 6.36. The molecule has 1 aromatic rings. The molecule has 1 fully saturated rings. The summed E-state index contributed by atoms with van der Waals surface area (Å²) in [6.07, 6.45) is 9.82. The molecular formula is C13H23N3. The summed E-state index contributed by atoms with van der Waals surface area (Å²) in [6.45, 7) is 7.99. The third-order valence-electron chi connectivity index (χ3n) is 3.88. The molecule has 1 saturated carbocycles. The van der Waals surface area contributed by atoms with Crippen molar-refractivity contribution in [2.24, 2.45) is 5.41 Å². The minimum Gasteiger partial charge on any atom is -0.333 e. The van der Waals surface area contributed by atoms with Crippen molar-refractivity contribution in [2.75, 3.05) is 6.54 Å². The van der Waals surface area contributed by atoms with Crippen molar-refractivity contribution in [3.05, 3.63) is 18.7 Å². The van der Waals surface area contributed by atoms with Crippen molar-refractivity contribution in [2.45, 2.75) is 52.1 Å². The molecule has 3 nitrogen and oxygen atoms in total. The fraction of sp³-hybridized carbons (Fsp3) is 0.769. The van der Waals surface area contributed by atoms with Crippen LogP contribution in [0.2, 0.25) is 0 Å². The molecule has 1 aliphatic rings. The Labute approximate surface area is 98.3 Å². The van der Waals surface area contributed by atoms with Crippen LogP contribution in [0.15, 0.2) is 18.7 Å². The average molecular weight is 221 g/mol. The maximum absolute atomic E-state index is 4.17. The molecule has 0 amide bonds. The predicted molar refractivity (Wildman–Crippen MR) is 66.4 cm³/mol. The number of nitrogens with zero attached hydrogens (tertiary/aromatic N) is 2. The highest BCUT2D eigenvalue weighted by molar-refractivity contribution is 4.97. The van der Waals surface area contributed by atoms with Gasteiger partial charge in [0.15, 0.2) is 0 Å². The van der Waals surface area contributed by atoms with E-state index in [1.807, 2.05) is 12.5 Å². The zero-order chi connectivity index (χ0) is 11.6. The van der Waals surface area contributed by atoms with Gasteiger partial charge >= 0.3 is 0 Å². The summed E-state index contributed by atoms with van der Waals surface area (Å²) in [4.78, 5) is 4.17. The summed E-state index contributed by atoms with van der Waals surface area (Å²) in [5, 5.41) is 3.66. The van der Waals surface area contributed by atoms with Gasteiger partial charge in [0.05, 0.1) is 12.4 Å². The number of hydrogen-bond acceptors (Lipinski definition) is 2. The number of nitrogens with one attached hydrogen (secondary N) is 1. The van der Waals surface area contributed by atoms with Crippen LogP contribution in [0.25, 0.3) is 0 Å². The minimum absolute atomic E-state index is 0.378. The van der Waals surface area contributed by atoms with Gasteiger partial charge in [-0.25, -0.2) is 4.98 Å². The lowest BCUT2D eigenvalue weighted by Gasteiger charge is -2.45. The fourth-order valence-electron chi connectivity index (χ4n) is 3.03. The van der Waals surface area contributed by atoms with Crippen LogP contribution in [0.3, 0.4) is 0 Å². The van der Waals surface area contributed by atoms with Gasteiger partial charge in [0.25, 0.3) is 0 Å². The molecule has 0 bridgehead atoms. The Bertz CT molecular complexity index is 316. The van der Waals surface area contributed by atoms with Crippen LogP contribution in [0, 0.1) is 5.41 Å². The molecule has 1 aromatic heterocycles. The van der Waals surface area contributed by atoms with Crippen LogP contribution in [0.4, 0.5) is 0 Å². The van der Waals surface area contributed by atoms with E-state index in [1.54, 1.807) is 0 Å². The minimum atomic E-state index is 0.378. The second-order valence-electron chi connectivity index (χ2n) is 5.49. The summed E-state index contributed by atoms with van der Waals surface area (Å²) in [6, 6.07) is 1.12. The molecule has 0 spiro atoms. The van der Waals surface area contributed by atoms with Gasteiger partial charge in [-0.05, 0) is 24.8 Å². The van der Waals surface area contributed by atoms with Gasteiger partial charge in [-0.2, -0.15) is 0 Å². The van der Waals surface area contributed by atoms with Gasteiger partial charge in [0.2, 0.25) is 0 Å². The summed E-state index contributed by atoms with van der Waals surface area (Å²) < 4.78 is 2.27. The lowest BCUT2D eigenvalue weighted by Crippen LogP contribution is -2.50. The molecular weight excluding hydrogens is 198 g/mol. The first-order valence-corrected chi connectivity index (χ1v) is 6.36. The summed E-state index contributed by atoms with van der Waals surface area (Å²) in [7, 11) is 0. The molecule has 0 saturated heterocycles. The average Bonchev–Trinajstić information content (AvgIpc) is 2.74. The van der Waals surface area contributed by atoms with Gasteiger partial charge in [0.1, 0.15) is 0 Å². The van der Waals surface area contributed by atoms with Gasteiger partial charge < -0.3 is 9.88 Å². The van der Waals surface area contributed by atoms with E-state index >= 15 is 0 Å². The van der Waals surface area contributed by atoms with E-state index in [0.29, 0.717) is 17.5 Å². The Hall–Kier alpha value is -0.830. The van der Waals surface area contributed by atoms with E-state index in [4.69, 9.17) is 0 Å². The standard InChI is InChI=1S/C13H23N3/c1-4-15-12-11(16-9-8-14-10-16)6-5-7-13(12,2)3/h8-12,15H,4-7H2,1-3H3. The Balaban J connectivity index is 2.21. The maximum Gasteiger partial charge on any atom is 0.0949 e. The molecule has 2 atom stereocenters. The highest BCUT2D eigenvalue weighted by Crippen LogP contribution is 2.41. The second kappa shape index (κ2) is 4.58. The predicted octanol–water partition coefficient (Wildman–Crippen LogP) is 2.61. The van der Waals surface area contributed by atoms with Gasteiger partial charge in [-0.15, -0.1) is 0 Å². The highest BCUT2D eigenvalue weighted by Gasteiger charge is 2.38. The zero-order valence-electron chi connectivity index (χ0n) is 10.6. The van der Waals surface area contributed by atoms with E-state index in [2.05, 4.69) is 41.8 Å². The largest absolute Gasteiger partial charge is 0.333 e. The third-order valence-corrected chi connectivity index (χ3v) is 3.88. The highest BCUT2D eigenvalue weighted by atomic mass is 15.1. The number of hydrogen-bond donors (Lipinski definition) is 1. The van der Waals surface area contributed by atoms with Crippen LogP contribution in [-0.2, 0) is 0 Å². The van der Waals surface area contributed by atoms with Crippen LogP contribution in [0.1, 0.15) is 46.1 Å². The van der Waals surface area contributed by atoms with Gasteiger partial charge in [-0.1, -0.05) is 27.2 Å². The normalized spacial score (nSPS) is 29.2. The Kier molecular flexibility index (Phi) is 3.33.